The van der Waals surface area contributed by atoms with E-state index in [1.54, 1.807) is 19.2 Å². The van der Waals surface area contributed by atoms with E-state index in [9.17, 15) is 9.59 Å². The second-order valence-corrected chi connectivity index (χ2v) is 9.09. The third-order valence-electron chi connectivity index (χ3n) is 5.96. The number of nitrogens with one attached hydrogen (secondary N) is 2. The van der Waals surface area contributed by atoms with Gasteiger partial charge in [-0.05, 0) is 49.6 Å². The molecule has 0 fully saturated rings. The van der Waals surface area contributed by atoms with Gasteiger partial charge in [-0.25, -0.2) is 0 Å². The smallest absolute Gasteiger partial charge is 0.255 e. The fourth-order valence-corrected chi connectivity index (χ4v) is 4.07. The Kier molecular flexibility index (Phi) is 8.62. The van der Waals surface area contributed by atoms with Crippen LogP contribution in [0.4, 0.5) is 0 Å². The highest BCUT2D eigenvalue weighted by molar-refractivity contribution is 5.99. The highest BCUT2D eigenvalue weighted by Crippen LogP contribution is 2.21. The molecule has 1 aliphatic rings. The highest BCUT2D eigenvalue weighted by atomic mass is 16.5. The molecule has 2 bridgehead atoms. The number of benzene rings is 1. The number of rotatable bonds is 2. The molecule has 2 N–H and O–H groups in total. The minimum Gasteiger partial charge on any atom is -0.493 e. The average Bonchev–Trinajstić information content (AvgIpc) is 3.31. The zero-order valence-electron chi connectivity index (χ0n) is 20.8. The van der Waals surface area contributed by atoms with Crippen molar-refractivity contribution in [2.24, 2.45) is 0 Å². The maximum Gasteiger partial charge on any atom is 0.255 e. The zero-order chi connectivity index (χ0) is 25.3. The molecule has 3 heterocycles. The van der Waals surface area contributed by atoms with Gasteiger partial charge in [0.1, 0.15) is 11.8 Å². The van der Waals surface area contributed by atoms with E-state index in [2.05, 4.69) is 30.8 Å². The minimum absolute atomic E-state index is 0.224. The molecule has 0 radical (unpaired) electrons. The Hall–Kier alpha value is -3.79. The molecular formula is C26H33N7O3. The van der Waals surface area contributed by atoms with Crippen LogP contribution in [-0.4, -0.2) is 62.4 Å². The number of aryl methyl sites for hydroxylation is 2. The molecule has 2 amide bonds. The van der Waals surface area contributed by atoms with Crippen molar-refractivity contribution in [1.82, 2.24) is 35.5 Å². The van der Waals surface area contributed by atoms with Crippen molar-refractivity contribution in [2.75, 3.05) is 19.7 Å². The predicted molar refractivity (Wildman–Crippen MR) is 134 cm³/mol. The van der Waals surface area contributed by atoms with E-state index < -0.39 is 6.04 Å². The maximum absolute atomic E-state index is 12.9. The van der Waals surface area contributed by atoms with E-state index in [4.69, 9.17) is 4.74 Å². The molecule has 0 spiro atoms. The van der Waals surface area contributed by atoms with Crippen LogP contribution in [-0.2, 0) is 24.4 Å². The number of ether oxygens (including phenoxy) is 1. The Morgan fingerprint density at radius 2 is 2.06 bits per heavy atom. The first-order chi connectivity index (χ1) is 17.5. The number of carbonyl (C=O) groups is 2. The normalized spacial score (nSPS) is 18.6. The molecule has 10 nitrogen and oxygen atoms in total. The summed E-state index contributed by atoms with van der Waals surface area (Å²) in [5.41, 5.74) is 3.39. The van der Waals surface area contributed by atoms with E-state index >= 15 is 0 Å². The number of carbonyl (C=O) groups excluding carboxylic acids is 2. The Labute approximate surface area is 211 Å². The SMILES string of the molecule is Cc1ccc2c(c1)OCCCn1cc(nn1)CN(Cc1cccnc1)CCCNC(=O)[C@@H](C)NC2=O. The summed E-state index contributed by atoms with van der Waals surface area (Å²) in [7, 11) is 0. The lowest BCUT2D eigenvalue weighted by Crippen LogP contribution is -2.45. The molecule has 0 aliphatic carbocycles. The topological polar surface area (TPSA) is 114 Å². The summed E-state index contributed by atoms with van der Waals surface area (Å²) in [5.74, 6) is -0.0601. The van der Waals surface area contributed by atoms with Crippen molar-refractivity contribution in [3.8, 4) is 5.75 Å². The number of nitrogens with zero attached hydrogens (tertiary/aromatic N) is 5. The van der Waals surface area contributed by atoms with Crippen molar-refractivity contribution in [3.63, 3.8) is 0 Å². The number of aromatic nitrogens is 4. The van der Waals surface area contributed by atoms with Crippen LogP contribution in [0.5, 0.6) is 5.75 Å². The van der Waals surface area contributed by atoms with Gasteiger partial charge in [-0.3, -0.25) is 24.2 Å². The Balaban J connectivity index is 1.49. The van der Waals surface area contributed by atoms with Gasteiger partial charge in [-0.15, -0.1) is 5.10 Å². The van der Waals surface area contributed by atoms with Gasteiger partial charge in [0.05, 0.1) is 17.9 Å². The van der Waals surface area contributed by atoms with Crippen LogP contribution >= 0.6 is 0 Å². The molecule has 2 aromatic heterocycles. The molecule has 36 heavy (non-hydrogen) atoms. The molecule has 0 unspecified atom stereocenters. The monoisotopic (exact) mass is 491 g/mol. The quantitative estimate of drug-likeness (QED) is 0.564. The number of hydrogen-bond acceptors (Lipinski definition) is 7. The maximum atomic E-state index is 12.9. The Bertz CT molecular complexity index is 1170. The molecule has 1 aliphatic heterocycles. The summed E-state index contributed by atoms with van der Waals surface area (Å²) in [6.45, 7) is 7.30. The van der Waals surface area contributed by atoms with Crippen LogP contribution in [0.15, 0.2) is 48.9 Å². The first-order valence-electron chi connectivity index (χ1n) is 12.3. The summed E-state index contributed by atoms with van der Waals surface area (Å²) < 4.78 is 7.78. The predicted octanol–water partition coefficient (Wildman–Crippen LogP) is 2.09. The van der Waals surface area contributed by atoms with E-state index in [0.717, 1.165) is 29.8 Å². The number of hydrogen-bond donors (Lipinski definition) is 2. The number of fused-ring (bicyclic) bond motifs is 3. The minimum atomic E-state index is -0.672. The summed E-state index contributed by atoms with van der Waals surface area (Å²) in [4.78, 5) is 32.0. The van der Waals surface area contributed by atoms with Crippen LogP contribution in [0.2, 0.25) is 0 Å². The second kappa shape index (κ2) is 12.3. The van der Waals surface area contributed by atoms with Crippen LogP contribution in [0, 0.1) is 6.92 Å². The van der Waals surface area contributed by atoms with Crippen LogP contribution in [0.25, 0.3) is 0 Å². The lowest BCUT2D eigenvalue weighted by molar-refractivity contribution is -0.122. The van der Waals surface area contributed by atoms with Crippen molar-refractivity contribution < 1.29 is 14.3 Å². The Morgan fingerprint density at radius 1 is 1.17 bits per heavy atom. The molecule has 0 saturated heterocycles. The van der Waals surface area contributed by atoms with Gasteiger partial charge >= 0.3 is 0 Å². The van der Waals surface area contributed by atoms with Crippen molar-refractivity contribution in [3.05, 3.63) is 71.3 Å². The number of pyridine rings is 1. The van der Waals surface area contributed by atoms with Crippen LogP contribution in [0.3, 0.4) is 0 Å². The summed E-state index contributed by atoms with van der Waals surface area (Å²) >= 11 is 0. The molecular weight excluding hydrogens is 458 g/mol. The van der Waals surface area contributed by atoms with Gasteiger partial charge in [0.2, 0.25) is 5.91 Å². The average molecular weight is 492 g/mol. The van der Waals surface area contributed by atoms with E-state index in [1.807, 2.05) is 48.3 Å². The molecule has 1 aromatic carbocycles. The fourth-order valence-electron chi connectivity index (χ4n) is 4.07. The van der Waals surface area contributed by atoms with E-state index in [1.165, 1.54) is 0 Å². The highest BCUT2D eigenvalue weighted by Gasteiger charge is 2.20. The lowest BCUT2D eigenvalue weighted by atomic mass is 10.1. The van der Waals surface area contributed by atoms with Gasteiger partial charge in [0, 0.05) is 57.7 Å². The molecule has 1 atom stereocenters. The third kappa shape index (κ3) is 7.11. The van der Waals surface area contributed by atoms with Gasteiger partial charge in [-0.1, -0.05) is 17.3 Å². The third-order valence-corrected chi connectivity index (χ3v) is 5.96. The van der Waals surface area contributed by atoms with Crippen molar-refractivity contribution in [2.45, 2.75) is 52.4 Å². The molecule has 3 aromatic rings. The van der Waals surface area contributed by atoms with Crippen molar-refractivity contribution in [1.29, 1.82) is 0 Å². The number of amides is 2. The lowest BCUT2D eigenvalue weighted by Gasteiger charge is -2.21. The summed E-state index contributed by atoms with van der Waals surface area (Å²) in [6.07, 6.45) is 7.03. The summed E-state index contributed by atoms with van der Waals surface area (Å²) in [6, 6.07) is 8.73. The van der Waals surface area contributed by atoms with E-state index in [-0.39, 0.29) is 11.8 Å². The molecule has 4 rings (SSSR count). The Morgan fingerprint density at radius 3 is 2.89 bits per heavy atom. The van der Waals surface area contributed by atoms with Gasteiger partial charge in [-0.2, -0.15) is 0 Å². The van der Waals surface area contributed by atoms with Crippen LogP contribution in [0.1, 0.15) is 46.9 Å². The van der Waals surface area contributed by atoms with E-state index in [0.29, 0.717) is 50.5 Å². The molecule has 10 heteroatoms. The largest absolute Gasteiger partial charge is 0.493 e. The van der Waals surface area contributed by atoms with Gasteiger partial charge in [0.15, 0.2) is 0 Å². The van der Waals surface area contributed by atoms with Gasteiger partial charge in [0.25, 0.3) is 5.91 Å². The summed E-state index contributed by atoms with van der Waals surface area (Å²) in [5, 5.41) is 14.3. The van der Waals surface area contributed by atoms with Gasteiger partial charge < -0.3 is 15.4 Å². The first kappa shape index (κ1) is 25.3. The molecule has 0 saturated carbocycles. The first-order valence-corrected chi connectivity index (χ1v) is 12.3. The second-order valence-electron chi connectivity index (χ2n) is 9.09. The standard InChI is InChI=1S/C26H33N7O3/c1-19-7-8-23-24(14-19)36-13-5-12-33-18-22(30-31-33)17-32(16-21-6-3-9-27-15-21)11-4-10-28-25(34)20(2)29-26(23)35/h3,6-9,14-15,18,20H,4-5,10-13,16-17H2,1-2H3,(H,28,34)(H,29,35)/t20-/m1/s1. The molecule has 190 valence electrons. The van der Waals surface area contributed by atoms with Crippen molar-refractivity contribution >= 4 is 11.8 Å². The zero-order valence-corrected chi connectivity index (χ0v) is 20.8. The van der Waals surface area contributed by atoms with Crippen LogP contribution < -0.4 is 15.4 Å². The fraction of sp³-hybridized carbons (Fsp3) is 0.423.